The molecule has 2 aromatic heterocycles. The number of carbonyl (C=O) groups excluding carboxylic acids is 1. The summed E-state index contributed by atoms with van der Waals surface area (Å²) in [6.07, 6.45) is 4.22. The van der Waals surface area contributed by atoms with Gasteiger partial charge in [-0.15, -0.1) is 10.2 Å². The minimum Gasteiger partial charge on any atom is -0.465 e. The number of sulfone groups is 1. The standard InChI is InChI=1S/C16H12ClN3O4S2/c17-12-5-3-11(4-6-12)10-26(22,23)16-20-19-15(25-16)18-14(21)8-7-13-2-1-9-24-13/h1-9H,10H2,(H,18,19,21). The maximum absolute atomic E-state index is 12.4. The van der Waals surface area contributed by atoms with E-state index in [-0.39, 0.29) is 15.2 Å². The van der Waals surface area contributed by atoms with Crippen LogP contribution < -0.4 is 5.32 Å². The first-order chi connectivity index (χ1) is 12.4. The maximum Gasteiger partial charge on any atom is 0.250 e. The highest BCUT2D eigenvalue weighted by atomic mass is 35.5. The molecule has 7 nitrogen and oxygen atoms in total. The topological polar surface area (TPSA) is 102 Å². The maximum atomic E-state index is 12.4. The van der Waals surface area contributed by atoms with Gasteiger partial charge in [0.25, 0.3) is 0 Å². The van der Waals surface area contributed by atoms with Crippen molar-refractivity contribution in [1.82, 2.24) is 10.2 Å². The van der Waals surface area contributed by atoms with E-state index in [9.17, 15) is 13.2 Å². The smallest absolute Gasteiger partial charge is 0.250 e. The van der Waals surface area contributed by atoms with Crippen molar-refractivity contribution in [3.63, 3.8) is 0 Å². The Morgan fingerprint density at radius 1 is 1.23 bits per heavy atom. The minimum absolute atomic E-state index is 0.0915. The molecule has 0 saturated carbocycles. The van der Waals surface area contributed by atoms with Crippen LogP contribution in [0.2, 0.25) is 5.02 Å². The Balaban J connectivity index is 1.66. The molecule has 0 saturated heterocycles. The second-order valence-electron chi connectivity index (χ2n) is 5.10. The summed E-state index contributed by atoms with van der Waals surface area (Å²) in [7, 11) is -3.67. The van der Waals surface area contributed by atoms with Gasteiger partial charge < -0.3 is 4.42 Å². The number of benzene rings is 1. The van der Waals surface area contributed by atoms with Gasteiger partial charge in [0.05, 0.1) is 12.0 Å². The molecule has 1 N–H and O–H groups in total. The number of carbonyl (C=O) groups is 1. The summed E-state index contributed by atoms with van der Waals surface area (Å²) in [5.74, 6) is -0.187. The van der Waals surface area contributed by atoms with Crippen LogP contribution in [0.15, 0.2) is 57.5 Å². The van der Waals surface area contributed by atoms with E-state index in [1.807, 2.05) is 0 Å². The van der Waals surface area contributed by atoms with Crippen LogP contribution >= 0.6 is 22.9 Å². The number of hydrogen-bond donors (Lipinski definition) is 1. The molecule has 2 heterocycles. The van der Waals surface area contributed by atoms with Crippen LogP contribution in [0.4, 0.5) is 5.13 Å². The monoisotopic (exact) mass is 409 g/mol. The van der Waals surface area contributed by atoms with Crippen LogP contribution in [0.5, 0.6) is 0 Å². The summed E-state index contributed by atoms with van der Waals surface area (Å²) in [5, 5.41) is 10.4. The predicted octanol–water partition coefficient (Wildman–Crippen LogP) is 3.41. The van der Waals surface area contributed by atoms with Crippen LogP contribution in [0.1, 0.15) is 11.3 Å². The van der Waals surface area contributed by atoms with Gasteiger partial charge in [0.2, 0.25) is 25.2 Å². The lowest BCUT2D eigenvalue weighted by molar-refractivity contribution is -0.111. The van der Waals surface area contributed by atoms with Crippen LogP contribution in [-0.4, -0.2) is 24.5 Å². The zero-order valence-corrected chi connectivity index (χ0v) is 15.5. The van der Waals surface area contributed by atoms with Crippen LogP contribution in [-0.2, 0) is 20.4 Å². The number of hydrogen-bond acceptors (Lipinski definition) is 7. The van der Waals surface area contributed by atoms with E-state index in [2.05, 4.69) is 15.5 Å². The summed E-state index contributed by atoms with van der Waals surface area (Å²) in [4.78, 5) is 11.8. The van der Waals surface area contributed by atoms with E-state index in [1.54, 1.807) is 36.4 Å². The number of rotatable bonds is 6. The molecule has 1 amide bonds. The van der Waals surface area contributed by atoms with Crippen LogP contribution in [0.3, 0.4) is 0 Å². The molecule has 0 fully saturated rings. The van der Waals surface area contributed by atoms with Gasteiger partial charge in [0.15, 0.2) is 0 Å². The number of nitrogens with one attached hydrogen (secondary N) is 1. The zero-order chi connectivity index (χ0) is 18.6. The molecule has 0 atom stereocenters. The zero-order valence-electron chi connectivity index (χ0n) is 13.1. The summed E-state index contributed by atoms with van der Waals surface area (Å²) in [6.45, 7) is 0. The van der Waals surface area contributed by atoms with Gasteiger partial charge >= 0.3 is 0 Å². The van der Waals surface area contributed by atoms with Gasteiger partial charge in [-0.1, -0.05) is 35.1 Å². The summed E-state index contributed by atoms with van der Waals surface area (Å²) >= 11 is 6.58. The number of halogens is 1. The average Bonchev–Trinajstić information content (AvgIpc) is 3.27. The normalized spacial score (nSPS) is 11.7. The predicted molar refractivity (Wildman–Crippen MR) is 98.6 cm³/mol. The van der Waals surface area contributed by atoms with Crippen molar-refractivity contribution in [2.45, 2.75) is 10.1 Å². The number of amides is 1. The fourth-order valence-corrected chi connectivity index (χ4v) is 4.39. The van der Waals surface area contributed by atoms with Crippen LogP contribution in [0, 0.1) is 0 Å². The van der Waals surface area contributed by atoms with Crippen molar-refractivity contribution in [3.8, 4) is 0 Å². The molecule has 0 radical (unpaired) electrons. The van der Waals surface area contributed by atoms with E-state index in [1.165, 1.54) is 18.4 Å². The van der Waals surface area contributed by atoms with Crippen LogP contribution in [0.25, 0.3) is 6.08 Å². The Morgan fingerprint density at radius 2 is 2.00 bits per heavy atom. The minimum atomic E-state index is -3.67. The highest BCUT2D eigenvalue weighted by molar-refractivity contribution is 7.92. The van der Waals surface area contributed by atoms with Crippen molar-refractivity contribution in [3.05, 3.63) is 65.1 Å². The van der Waals surface area contributed by atoms with Gasteiger partial charge in [0.1, 0.15) is 5.76 Å². The molecule has 0 aliphatic rings. The molecule has 0 aliphatic heterocycles. The van der Waals surface area contributed by atoms with E-state index in [0.717, 1.165) is 11.3 Å². The van der Waals surface area contributed by atoms with E-state index in [0.29, 0.717) is 16.3 Å². The Hall–Kier alpha value is -2.49. The van der Waals surface area contributed by atoms with E-state index in [4.69, 9.17) is 16.0 Å². The number of aromatic nitrogens is 2. The molecule has 3 aromatic rings. The molecular formula is C16H12ClN3O4S2. The van der Waals surface area contributed by atoms with E-state index >= 15 is 0 Å². The molecule has 1 aromatic carbocycles. The summed E-state index contributed by atoms with van der Waals surface area (Å²) in [5.41, 5.74) is 0.580. The lowest BCUT2D eigenvalue weighted by Crippen LogP contribution is -2.07. The Bertz CT molecular complexity index is 1030. The van der Waals surface area contributed by atoms with Crippen molar-refractivity contribution >= 4 is 49.9 Å². The molecule has 134 valence electrons. The van der Waals surface area contributed by atoms with Gasteiger partial charge in [-0.2, -0.15) is 0 Å². The van der Waals surface area contributed by atoms with Gasteiger partial charge in [-0.25, -0.2) is 8.42 Å². The number of anilines is 1. The van der Waals surface area contributed by atoms with Crippen molar-refractivity contribution < 1.29 is 17.6 Å². The highest BCUT2D eigenvalue weighted by Gasteiger charge is 2.21. The van der Waals surface area contributed by atoms with Crippen molar-refractivity contribution in [1.29, 1.82) is 0 Å². The highest BCUT2D eigenvalue weighted by Crippen LogP contribution is 2.24. The molecule has 10 heteroatoms. The molecule has 0 bridgehead atoms. The fraction of sp³-hybridized carbons (Fsp3) is 0.0625. The fourth-order valence-electron chi connectivity index (χ4n) is 1.94. The SMILES string of the molecule is O=C(C=Cc1ccco1)Nc1nnc(S(=O)(=O)Cc2ccc(Cl)cc2)s1. The second-order valence-corrected chi connectivity index (χ2v) is 8.67. The summed E-state index contributed by atoms with van der Waals surface area (Å²) < 4.78 is 29.7. The first-order valence-electron chi connectivity index (χ1n) is 7.26. The third-order valence-corrected chi connectivity index (χ3v) is 6.34. The van der Waals surface area contributed by atoms with Crippen molar-refractivity contribution in [2.24, 2.45) is 0 Å². The average molecular weight is 410 g/mol. The first-order valence-corrected chi connectivity index (χ1v) is 10.1. The lowest BCUT2D eigenvalue weighted by atomic mass is 10.2. The largest absolute Gasteiger partial charge is 0.465 e. The summed E-state index contributed by atoms with van der Waals surface area (Å²) in [6, 6.07) is 9.87. The molecule has 26 heavy (non-hydrogen) atoms. The lowest BCUT2D eigenvalue weighted by Gasteiger charge is -2.00. The Morgan fingerprint density at radius 3 is 2.69 bits per heavy atom. The Labute approximate surface area is 158 Å². The first kappa shape index (κ1) is 18.3. The molecule has 0 unspecified atom stereocenters. The third-order valence-electron chi connectivity index (χ3n) is 3.11. The van der Waals surface area contributed by atoms with Gasteiger partial charge in [-0.05, 0) is 35.9 Å². The molecule has 3 rings (SSSR count). The van der Waals surface area contributed by atoms with Gasteiger partial charge in [0, 0.05) is 11.1 Å². The second kappa shape index (κ2) is 7.81. The van der Waals surface area contributed by atoms with Crippen molar-refractivity contribution in [2.75, 3.05) is 5.32 Å². The number of nitrogens with zero attached hydrogens (tertiary/aromatic N) is 2. The third kappa shape index (κ3) is 4.78. The van der Waals surface area contributed by atoms with E-state index < -0.39 is 15.7 Å². The molecular weight excluding hydrogens is 398 g/mol. The molecule has 0 aliphatic carbocycles. The quantitative estimate of drug-likeness (QED) is 0.494. The number of furan rings is 1. The van der Waals surface area contributed by atoms with Gasteiger partial charge in [-0.3, -0.25) is 10.1 Å². The Kier molecular flexibility index (Phi) is 5.50. The molecule has 0 spiro atoms.